The van der Waals surface area contributed by atoms with Gasteiger partial charge in [-0.2, -0.15) is 0 Å². The lowest BCUT2D eigenvalue weighted by atomic mass is 10.0. The van der Waals surface area contributed by atoms with Crippen LogP contribution in [0.4, 0.5) is 5.69 Å². The lowest BCUT2D eigenvalue weighted by Crippen LogP contribution is -2.46. The standard InChI is InChI=1S/C12H13BrN2O4/c1-12(5-6-19-7-12)14-11(16)8-3-2-4-9(10(8)13)15(17)18/h2-4H,5-7H2,1H3,(H,14,16). The second-order valence-corrected chi connectivity index (χ2v) is 5.51. The summed E-state index contributed by atoms with van der Waals surface area (Å²) in [6.07, 6.45) is 0.727. The molecule has 1 amide bonds. The topological polar surface area (TPSA) is 81.5 Å². The molecule has 1 aromatic carbocycles. The van der Waals surface area contributed by atoms with Crippen molar-refractivity contribution in [1.82, 2.24) is 5.32 Å². The number of hydrogen-bond acceptors (Lipinski definition) is 4. The molecule has 1 unspecified atom stereocenters. The Hall–Kier alpha value is -1.47. The maximum Gasteiger partial charge on any atom is 0.284 e. The summed E-state index contributed by atoms with van der Waals surface area (Å²) in [6, 6.07) is 4.39. The van der Waals surface area contributed by atoms with Crippen molar-refractivity contribution < 1.29 is 14.5 Å². The summed E-state index contributed by atoms with van der Waals surface area (Å²) in [5.74, 6) is -0.344. The summed E-state index contributed by atoms with van der Waals surface area (Å²) >= 11 is 3.12. The van der Waals surface area contributed by atoms with Gasteiger partial charge in [-0.15, -0.1) is 0 Å². The van der Waals surface area contributed by atoms with E-state index in [1.165, 1.54) is 12.1 Å². The van der Waals surface area contributed by atoms with Gasteiger partial charge in [0.25, 0.3) is 11.6 Å². The minimum absolute atomic E-state index is 0.125. The quantitative estimate of drug-likeness (QED) is 0.681. The highest BCUT2D eigenvalue weighted by molar-refractivity contribution is 9.10. The van der Waals surface area contributed by atoms with E-state index in [2.05, 4.69) is 21.2 Å². The second-order valence-electron chi connectivity index (χ2n) is 4.71. The van der Waals surface area contributed by atoms with Crippen molar-refractivity contribution in [2.24, 2.45) is 0 Å². The first kappa shape index (κ1) is 14.0. The molecule has 0 spiro atoms. The molecular formula is C12H13BrN2O4. The zero-order valence-corrected chi connectivity index (χ0v) is 11.9. The first-order valence-corrected chi connectivity index (χ1v) is 6.55. The molecule has 6 nitrogen and oxygen atoms in total. The number of carbonyl (C=O) groups is 1. The molecule has 2 rings (SSSR count). The zero-order chi connectivity index (χ0) is 14.0. The van der Waals surface area contributed by atoms with Gasteiger partial charge in [-0.25, -0.2) is 0 Å². The second kappa shape index (κ2) is 5.26. The van der Waals surface area contributed by atoms with Crippen LogP contribution in [0.25, 0.3) is 0 Å². The number of amides is 1. The van der Waals surface area contributed by atoms with Crippen LogP contribution in [0.1, 0.15) is 23.7 Å². The Labute approximate surface area is 118 Å². The number of nitro benzene ring substituents is 1. The Morgan fingerprint density at radius 2 is 2.32 bits per heavy atom. The SMILES string of the molecule is CC1(NC(=O)c2cccc([N+](=O)[O-])c2Br)CCOC1. The number of ether oxygens (including phenoxy) is 1. The van der Waals surface area contributed by atoms with Gasteiger partial charge in [0.05, 0.1) is 22.6 Å². The van der Waals surface area contributed by atoms with E-state index >= 15 is 0 Å². The maximum absolute atomic E-state index is 12.2. The highest BCUT2D eigenvalue weighted by Crippen LogP contribution is 2.29. The molecule has 1 aromatic rings. The molecule has 0 bridgehead atoms. The molecule has 0 aliphatic carbocycles. The van der Waals surface area contributed by atoms with Gasteiger partial charge < -0.3 is 10.1 Å². The van der Waals surface area contributed by atoms with E-state index in [0.717, 1.165) is 6.42 Å². The lowest BCUT2D eigenvalue weighted by molar-refractivity contribution is -0.385. The van der Waals surface area contributed by atoms with E-state index < -0.39 is 10.5 Å². The number of rotatable bonds is 3. The molecule has 1 aliphatic heterocycles. The van der Waals surface area contributed by atoms with Gasteiger partial charge >= 0.3 is 0 Å². The number of nitro groups is 1. The van der Waals surface area contributed by atoms with Crippen LogP contribution in [0, 0.1) is 10.1 Å². The molecule has 0 radical (unpaired) electrons. The van der Waals surface area contributed by atoms with E-state index in [1.807, 2.05) is 6.92 Å². The highest BCUT2D eigenvalue weighted by atomic mass is 79.9. The molecule has 1 heterocycles. The molecule has 1 aliphatic rings. The summed E-state index contributed by atoms with van der Waals surface area (Å²) in [7, 11) is 0. The Morgan fingerprint density at radius 3 is 2.89 bits per heavy atom. The minimum Gasteiger partial charge on any atom is -0.379 e. The molecule has 0 saturated carbocycles. The fourth-order valence-corrected chi connectivity index (χ4v) is 2.53. The molecular weight excluding hydrogens is 316 g/mol. The minimum atomic E-state index is -0.527. The Bertz CT molecular complexity index is 526. The molecule has 102 valence electrons. The molecule has 19 heavy (non-hydrogen) atoms. The van der Waals surface area contributed by atoms with Crippen LogP contribution in [0.3, 0.4) is 0 Å². The lowest BCUT2D eigenvalue weighted by Gasteiger charge is -2.23. The molecule has 1 N–H and O–H groups in total. The van der Waals surface area contributed by atoms with Crippen molar-refractivity contribution in [2.75, 3.05) is 13.2 Å². The van der Waals surface area contributed by atoms with E-state index in [4.69, 9.17) is 4.74 Å². The molecule has 1 fully saturated rings. The van der Waals surface area contributed by atoms with Crippen LogP contribution < -0.4 is 5.32 Å². The smallest absolute Gasteiger partial charge is 0.284 e. The summed E-state index contributed by atoms with van der Waals surface area (Å²) in [5.41, 5.74) is -0.288. The van der Waals surface area contributed by atoms with Crippen molar-refractivity contribution in [2.45, 2.75) is 18.9 Å². The number of nitrogens with zero attached hydrogens (tertiary/aromatic N) is 1. The number of carbonyl (C=O) groups excluding carboxylic acids is 1. The summed E-state index contributed by atoms with van der Waals surface area (Å²) in [5, 5.41) is 13.7. The van der Waals surface area contributed by atoms with Crippen LogP contribution in [-0.2, 0) is 4.74 Å². The van der Waals surface area contributed by atoms with Crippen LogP contribution >= 0.6 is 15.9 Å². The third-order valence-corrected chi connectivity index (χ3v) is 3.89. The third-order valence-electron chi connectivity index (χ3n) is 3.05. The van der Waals surface area contributed by atoms with Crippen molar-refractivity contribution in [1.29, 1.82) is 0 Å². The monoisotopic (exact) mass is 328 g/mol. The number of halogens is 1. The van der Waals surface area contributed by atoms with Crippen LogP contribution in [0.15, 0.2) is 22.7 Å². The Balaban J connectivity index is 2.24. The van der Waals surface area contributed by atoms with Crippen molar-refractivity contribution in [3.63, 3.8) is 0 Å². The first-order valence-electron chi connectivity index (χ1n) is 5.76. The van der Waals surface area contributed by atoms with Gasteiger partial charge in [-0.1, -0.05) is 6.07 Å². The summed E-state index contributed by atoms with van der Waals surface area (Å²) in [4.78, 5) is 22.5. The molecule has 1 saturated heterocycles. The number of hydrogen-bond donors (Lipinski definition) is 1. The van der Waals surface area contributed by atoms with Crippen molar-refractivity contribution >= 4 is 27.5 Å². The normalized spacial score (nSPS) is 22.2. The van der Waals surface area contributed by atoms with Gasteiger partial charge in [0, 0.05) is 12.7 Å². The first-order chi connectivity index (χ1) is 8.93. The van der Waals surface area contributed by atoms with Gasteiger partial charge in [0.2, 0.25) is 0 Å². The molecule has 0 aromatic heterocycles. The number of benzene rings is 1. The van der Waals surface area contributed by atoms with Crippen LogP contribution in [-0.4, -0.2) is 29.6 Å². The third kappa shape index (κ3) is 2.93. The average molecular weight is 329 g/mol. The molecule has 1 atom stereocenters. The van der Waals surface area contributed by atoms with Crippen molar-refractivity contribution in [3.05, 3.63) is 38.3 Å². The fraction of sp³-hybridized carbons (Fsp3) is 0.417. The van der Waals surface area contributed by atoms with Gasteiger partial charge in [0.1, 0.15) is 4.47 Å². The fourth-order valence-electron chi connectivity index (χ4n) is 1.94. The average Bonchev–Trinajstić information content (AvgIpc) is 2.75. The van der Waals surface area contributed by atoms with Crippen LogP contribution in [0.5, 0.6) is 0 Å². The van der Waals surface area contributed by atoms with Crippen LogP contribution in [0.2, 0.25) is 0 Å². The van der Waals surface area contributed by atoms with E-state index in [-0.39, 0.29) is 21.6 Å². The molecule has 7 heteroatoms. The Kier molecular flexibility index (Phi) is 3.86. The van der Waals surface area contributed by atoms with Gasteiger partial charge in [-0.3, -0.25) is 14.9 Å². The van der Waals surface area contributed by atoms with E-state index in [1.54, 1.807) is 6.07 Å². The summed E-state index contributed by atoms with van der Waals surface area (Å²) in [6.45, 7) is 2.95. The zero-order valence-electron chi connectivity index (χ0n) is 10.3. The summed E-state index contributed by atoms with van der Waals surface area (Å²) < 4.78 is 5.45. The predicted molar refractivity (Wildman–Crippen MR) is 72.1 cm³/mol. The van der Waals surface area contributed by atoms with E-state index in [0.29, 0.717) is 13.2 Å². The largest absolute Gasteiger partial charge is 0.379 e. The van der Waals surface area contributed by atoms with E-state index in [9.17, 15) is 14.9 Å². The van der Waals surface area contributed by atoms with Gasteiger partial charge in [0.15, 0.2) is 0 Å². The predicted octanol–water partition coefficient (Wildman–Crippen LogP) is 2.27. The van der Waals surface area contributed by atoms with Gasteiger partial charge in [-0.05, 0) is 35.3 Å². The highest BCUT2D eigenvalue weighted by Gasteiger charge is 2.32. The Morgan fingerprint density at radius 1 is 1.58 bits per heavy atom. The number of nitrogens with one attached hydrogen (secondary N) is 1. The maximum atomic E-state index is 12.2. The van der Waals surface area contributed by atoms with Crippen molar-refractivity contribution in [3.8, 4) is 0 Å².